The van der Waals surface area contributed by atoms with E-state index in [0.29, 0.717) is 59.2 Å². The van der Waals surface area contributed by atoms with E-state index in [1.165, 1.54) is 0 Å². The van der Waals surface area contributed by atoms with Crippen LogP contribution in [0.5, 0.6) is 0 Å². The van der Waals surface area contributed by atoms with Gasteiger partial charge in [0.25, 0.3) is 0 Å². The summed E-state index contributed by atoms with van der Waals surface area (Å²) >= 11 is 0. The molecule has 1 amide bonds. The maximum absolute atomic E-state index is 11.8. The quantitative estimate of drug-likeness (QED) is 0.131. The first-order chi connectivity index (χ1) is 17.3. The van der Waals surface area contributed by atoms with Crippen LogP contribution in [0.1, 0.15) is 58.3 Å². The maximum Gasteiger partial charge on any atom is 0.220 e. The molecule has 6 heteroatoms. The molecule has 0 bridgehead atoms. The van der Waals surface area contributed by atoms with Gasteiger partial charge in [-0.2, -0.15) is 0 Å². The van der Waals surface area contributed by atoms with Crippen molar-refractivity contribution < 1.29 is 23.7 Å². The van der Waals surface area contributed by atoms with E-state index in [0.717, 1.165) is 44.9 Å². The number of unbranched alkanes of at least 4 members (excludes halogenated alkanes) is 1. The highest BCUT2D eigenvalue weighted by Crippen LogP contribution is 1.99. The lowest BCUT2D eigenvalue weighted by molar-refractivity contribution is -0.121. The smallest absolute Gasteiger partial charge is 0.220 e. The molecule has 0 unspecified atom stereocenters. The minimum Gasteiger partial charge on any atom is -0.382 e. The summed E-state index contributed by atoms with van der Waals surface area (Å²) in [6.45, 7) is 6.48. The van der Waals surface area contributed by atoms with Crippen molar-refractivity contribution >= 4 is 5.91 Å². The van der Waals surface area contributed by atoms with Gasteiger partial charge in [-0.1, -0.05) is 67.7 Å². The van der Waals surface area contributed by atoms with Crippen LogP contribution in [0.25, 0.3) is 0 Å². The SMILES string of the molecule is CCC=CCC=CCC=CCC=CCC=CCCCC(=O)NCCOCCOCCOCCOC. The summed E-state index contributed by atoms with van der Waals surface area (Å²) in [4.78, 5) is 11.8. The second kappa shape index (κ2) is 30.0. The number of carbonyl (C=O) groups excluding carboxylic acids is 1. The molecule has 0 aromatic heterocycles. The number of ether oxygens (including phenoxy) is 4. The molecular formula is C29H49NO5. The van der Waals surface area contributed by atoms with Gasteiger partial charge in [-0.05, 0) is 44.9 Å². The number of carbonyl (C=O) groups is 1. The topological polar surface area (TPSA) is 66.0 Å². The molecule has 0 aromatic rings. The van der Waals surface area contributed by atoms with Crippen LogP contribution in [0.2, 0.25) is 0 Å². The van der Waals surface area contributed by atoms with Crippen LogP contribution in [0.3, 0.4) is 0 Å². The van der Waals surface area contributed by atoms with Crippen LogP contribution < -0.4 is 5.32 Å². The summed E-state index contributed by atoms with van der Waals surface area (Å²) in [6.07, 6.45) is 29.2. The van der Waals surface area contributed by atoms with Crippen molar-refractivity contribution in [3.8, 4) is 0 Å². The number of hydrogen-bond acceptors (Lipinski definition) is 5. The fourth-order valence-corrected chi connectivity index (χ4v) is 2.78. The van der Waals surface area contributed by atoms with Gasteiger partial charge in [0, 0.05) is 20.1 Å². The summed E-state index contributed by atoms with van der Waals surface area (Å²) in [6, 6.07) is 0. The molecule has 0 spiro atoms. The maximum atomic E-state index is 11.8. The van der Waals surface area contributed by atoms with Crippen molar-refractivity contribution in [2.75, 3.05) is 59.9 Å². The molecule has 0 saturated heterocycles. The number of nitrogens with one attached hydrogen (secondary N) is 1. The summed E-state index contributed by atoms with van der Waals surface area (Å²) in [7, 11) is 1.65. The third-order valence-electron chi connectivity index (χ3n) is 4.68. The molecule has 0 heterocycles. The largest absolute Gasteiger partial charge is 0.382 e. The molecular weight excluding hydrogens is 442 g/mol. The average Bonchev–Trinajstić information content (AvgIpc) is 2.86. The molecule has 1 N–H and O–H groups in total. The van der Waals surface area contributed by atoms with E-state index in [2.05, 4.69) is 73.0 Å². The summed E-state index contributed by atoms with van der Waals surface area (Å²) in [5.41, 5.74) is 0. The normalized spacial score (nSPS) is 12.4. The van der Waals surface area contributed by atoms with Gasteiger partial charge in [0.1, 0.15) is 0 Å². The van der Waals surface area contributed by atoms with E-state index in [1.807, 2.05) is 0 Å². The summed E-state index contributed by atoms with van der Waals surface area (Å²) in [5.74, 6) is 0.0745. The van der Waals surface area contributed by atoms with Gasteiger partial charge in [-0.15, -0.1) is 0 Å². The van der Waals surface area contributed by atoms with Crippen LogP contribution in [0, 0.1) is 0 Å². The van der Waals surface area contributed by atoms with E-state index >= 15 is 0 Å². The molecule has 0 radical (unpaired) electrons. The zero-order valence-electron chi connectivity index (χ0n) is 22.1. The first-order valence-corrected chi connectivity index (χ1v) is 13.0. The minimum absolute atomic E-state index is 0.0745. The fraction of sp³-hybridized carbons (Fsp3) is 0.621. The van der Waals surface area contributed by atoms with Gasteiger partial charge in [-0.25, -0.2) is 0 Å². The van der Waals surface area contributed by atoms with E-state index in [9.17, 15) is 4.79 Å². The standard InChI is InChI=1S/C29H49NO5/c1-3-4-5-6-7-8-9-10-11-12-13-14-15-16-17-18-19-20-29(31)30-21-22-33-25-26-35-28-27-34-24-23-32-2/h4-5,7-8,10-11,13-14,16-17H,3,6,9,12,15,18-28H2,1-2H3,(H,30,31). The van der Waals surface area contributed by atoms with Crippen LogP contribution in [0.4, 0.5) is 0 Å². The molecule has 200 valence electrons. The first-order valence-electron chi connectivity index (χ1n) is 13.0. The van der Waals surface area contributed by atoms with Crippen LogP contribution in [0.15, 0.2) is 60.8 Å². The summed E-state index contributed by atoms with van der Waals surface area (Å²) in [5, 5.41) is 2.88. The van der Waals surface area contributed by atoms with Gasteiger partial charge in [0.15, 0.2) is 0 Å². The van der Waals surface area contributed by atoms with Crippen molar-refractivity contribution in [2.24, 2.45) is 0 Å². The van der Waals surface area contributed by atoms with Gasteiger partial charge < -0.3 is 24.3 Å². The molecule has 0 aromatic carbocycles. The Morgan fingerprint density at radius 3 is 1.60 bits per heavy atom. The molecule has 0 atom stereocenters. The first kappa shape index (κ1) is 33.0. The number of amides is 1. The second-order valence-electron chi connectivity index (χ2n) is 7.78. The van der Waals surface area contributed by atoms with Gasteiger partial charge in [0.05, 0.1) is 46.2 Å². The average molecular weight is 492 g/mol. The summed E-state index contributed by atoms with van der Waals surface area (Å²) < 4.78 is 21.0. The molecule has 6 nitrogen and oxygen atoms in total. The lowest BCUT2D eigenvalue weighted by Crippen LogP contribution is -2.27. The zero-order valence-corrected chi connectivity index (χ0v) is 22.1. The highest BCUT2D eigenvalue weighted by molar-refractivity contribution is 5.75. The van der Waals surface area contributed by atoms with E-state index < -0.39 is 0 Å². The zero-order chi connectivity index (χ0) is 25.5. The number of hydrogen-bond donors (Lipinski definition) is 1. The van der Waals surface area contributed by atoms with Crippen LogP contribution >= 0.6 is 0 Å². The lowest BCUT2D eigenvalue weighted by atomic mass is 10.2. The van der Waals surface area contributed by atoms with Crippen molar-refractivity contribution in [1.29, 1.82) is 0 Å². The van der Waals surface area contributed by atoms with Gasteiger partial charge >= 0.3 is 0 Å². The number of rotatable bonds is 25. The number of methoxy groups -OCH3 is 1. The Hall–Kier alpha value is -1.99. The Kier molecular flexibility index (Phi) is 28.3. The molecule has 0 aliphatic carbocycles. The van der Waals surface area contributed by atoms with Gasteiger partial charge in [0.2, 0.25) is 5.91 Å². The van der Waals surface area contributed by atoms with E-state index in [1.54, 1.807) is 7.11 Å². The monoisotopic (exact) mass is 491 g/mol. The highest BCUT2D eigenvalue weighted by Gasteiger charge is 1.99. The predicted octanol–water partition coefficient (Wildman–Crippen LogP) is 5.72. The van der Waals surface area contributed by atoms with Gasteiger partial charge in [-0.3, -0.25) is 4.79 Å². The fourth-order valence-electron chi connectivity index (χ4n) is 2.78. The third-order valence-corrected chi connectivity index (χ3v) is 4.68. The Morgan fingerprint density at radius 1 is 0.629 bits per heavy atom. The van der Waals surface area contributed by atoms with Crippen molar-refractivity contribution in [1.82, 2.24) is 5.32 Å². The van der Waals surface area contributed by atoms with E-state index in [-0.39, 0.29) is 5.91 Å². The Bertz CT molecular complexity index is 596. The van der Waals surface area contributed by atoms with Crippen molar-refractivity contribution in [3.05, 3.63) is 60.8 Å². The van der Waals surface area contributed by atoms with E-state index in [4.69, 9.17) is 18.9 Å². The van der Waals surface area contributed by atoms with Crippen LogP contribution in [-0.4, -0.2) is 65.8 Å². The Balaban J connectivity index is 3.40. The molecule has 0 fully saturated rings. The lowest BCUT2D eigenvalue weighted by Gasteiger charge is -2.07. The third kappa shape index (κ3) is 30.0. The molecule has 0 aliphatic heterocycles. The van der Waals surface area contributed by atoms with Crippen molar-refractivity contribution in [2.45, 2.75) is 58.3 Å². The molecule has 0 aliphatic rings. The van der Waals surface area contributed by atoms with Crippen molar-refractivity contribution in [3.63, 3.8) is 0 Å². The molecule has 0 saturated carbocycles. The second-order valence-corrected chi connectivity index (χ2v) is 7.78. The minimum atomic E-state index is 0.0745. The molecule has 0 rings (SSSR count). The highest BCUT2D eigenvalue weighted by atomic mass is 16.6. The van der Waals surface area contributed by atoms with Crippen LogP contribution in [-0.2, 0) is 23.7 Å². The molecule has 35 heavy (non-hydrogen) atoms. The Morgan fingerprint density at radius 2 is 1.09 bits per heavy atom. The Labute approximate surface area is 214 Å². The predicted molar refractivity (Wildman–Crippen MR) is 146 cm³/mol. The number of allylic oxidation sites excluding steroid dienone is 10.